The van der Waals surface area contributed by atoms with Crippen molar-refractivity contribution in [2.45, 2.75) is 0 Å². The quantitative estimate of drug-likeness (QED) is 0.173. The van der Waals surface area contributed by atoms with E-state index in [1.807, 2.05) is 11.3 Å². The van der Waals surface area contributed by atoms with Crippen LogP contribution in [-0.2, 0) is 0 Å². The standard InChI is InChI=1S/C49H27N3S/c1-2-10-32-24-33(22-18-28(32)8-1)47-50-48(34-23-21-30-20-19-29-9-3-4-13-35(29)39(30)25-34)52-49(51-47)38-16-7-17-43-46(38)42-26-40-36-14-5-11-31-12-6-15-37(45(31)36)41(40)27-44(42)53-43/h1-27H. The lowest BCUT2D eigenvalue weighted by molar-refractivity contribution is 1.08. The van der Waals surface area contributed by atoms with Crippen LogP contribution in [0.1, 0.15) is 0 Å². The van der Waals surface area contributed by atoms with E-state index in [1.54, 1.807) is 0 Å². The molecule has 4 heteroatoms. The monoisotopic (exact) mass is 689 g/mol. The molecule has 0 atom stereocenters. The summed E-state index contributed by atoms with van der Waals surface area (Å²) in [5.41, 5.74) is 8.16. The lowest BCUT2D eigenvalue weighted by atomic mass is 9.99. The van der Waals surface area contributed by atoms with E-state index < -0.39 is 0 Å². The average molecular weight is 690 g/mol. The molecule has 11 aromatic rings. The molecule has 0 bridgehead atoms. The highest BCUT2D eigenvalue weighted by Gasteiger charge is 2.24. The zero-order valence-corrected chi connectivity index (χ0v) is 29.2. The van der Waals surface area contributed by atoms with Gasteiger partial charge in [0, 0.05) is 36.9 Å². The molecule has 1 aliphatic rings. The van der Waals surface area contributed by atoms with Crippen LogP contribution in [0, 0.1) is 0 Å². The van der Waals surface area contributed by atoms with E-state index in [0.717, 1.165) is 22.1 Å². The smallest absolute Gasteiger partial charge is 0.164 e. The highest BCUT2D eigenvalue weighted by atomic mass is 32.1. The first kappa shape index (κ1) is 28.9. The van der Waals surface area contributed by atoms with Gasteiger partial charge in [-0.1, -0.05) is 133 Å². The zero-order chi connectivity index (χ0) is 34.6. The molecule has 0 aliphatic heterocycles. The summed E-state index contributed by atoms with van der Waals surface area (Å²) in [6.07, 6.45) is 0. The number of nitrogens with zero attached hydrogens (tertiary/aromatic N) is 3. The van der Waals surface area contributed by atoms with Crippen LogP contribution in [0.3, 0.4) is 0 Å². The van der Waals surface area contributed by atoms with Crippen molar-refractivity contribution in [3.8, 4) is 56.4 Å². The van der Waals surface area contributed by atoms with Crippen molar-refractivity contribution in [1.82, 2.24) is 15.0 Å². The number of rotatable bonds is 3. The van der Waals surface area contributed by atoms with Gasteiger partial charge in [0.1, 0.15) is 0 Å². The first-order valence-electron chi connectivity index (χ1n) is 17.9. The largest absolute Gasteiger partial charge is 0.208 e. The Morgan fingerprint density at radius 3 is 1.70 bits per heavy atom. The minimum Gasteiger partial charge on any atom is -0.208 e. The van der Waals surface area contributed by atoms with Crippen LogP contribution < -0.4 is 0 Å². The van der Waals surface area contributed by atoms with E-state index in [9.17, 15) is 0 Å². The van der Waals surface area contributed by atoms with Crippen LogP contribution in [0.2, 0.25) is 0 Å². The number of aromatic nitrogens is 3. The Labute approximate surface area is 308 Å². The van der Waals surface area contributed by atoms with E-state index in [1.165, 1.54) is 80.1 Å². The summed E-state index contributed by atoms with van der Waals surface area (Å²) in [5.74, 6) is 1.99. The van der Waals surface area contributed by atoms with Crippen molar-refractivity contribution >= 4 is 74.6 Å². The summed E-state index contributed by atoms with van der Waals surface area (Å²) in [4.78, 5) is 15.8. The molecule has 0 amide bonds. The fourth-order valence-corrected chi connectivity index (χ4v) is 9.67. The molecular weight excluding hydrogens is 663 g/mol. The van der Waals surface area contributed by atoms with Crippen molar-refractivity contribution in [1.29, 1.82) is 0 Å². The minimum absolute atomic E-state index is 0.660. The third-order valence-electron chi connectivity index (χ3n) is 11.0. The highest BCUT2D eigenvalue weighted by molar-refractivity contribution is 7.26. The summed E-state index contributed by atoms with van der Waals surface area (Å²) < 4.78 is 2.49. The van der Waals surface area contributed by atoms with Crippen LogP contribution in [0.25, 0.3) is 120 Å². The maximum Gasteiger partial charge on any atom is 0.164 e. The predicted octanol–water partition coefficient (Wildman–Crippen LogP) is 13.5. The Bertz CT molecular complexity index is 3350. The van der Waals surface area contributed by atoms with E-state index in [2.05, 4.69) is 164 Å². The van der Waals surface area contributed by atoms with Gasteiger partial charge < -0.3 is 0 Å². The van der Waals surface area contributed by atoms with Crippen LogP contribution in [0.5, 0.6) is 0 Å². The molecule has 0 N–H and O–H groups in total. The van der Waals surface area contributed by atoms with Gasteiger partial charge in [0.2, 0.25) is 0 Å². The summed E-state index contributed by atoms with van der Waals surface area (Å²) in [5, 5.41) is 12.2. The summed E-state index contributed by atoms with van der Waals surface area (Å²) in [7, 11) is 0. The second-order valence-corrected chi connectivity index (χ2v) is 15.1. The lowest BCUT2D eigenvalue weighted by Crippen LogP contribution is -2.00. The Balaban J connectivity index is 1.11. The molecule has 2 heterocycles. The van der Waals surface area contributed by atoms with E-state index in [-0.39, 0.29) is 0 Å². The van der Waals surface area contributed by atoms with Gasteiger partial charge in [0.15, 0.2) is 17.5 Å². The topological polar surface area (TPSA) is 38.7 Å². The van der Waals surface area contributed by atoms with Crippen molar-refractivity contribution in [2.75, 3.05) is 0 Å². The molecule has 0 saturated carbocycles. The average Bonchev–Trinajstić information content (AvgIpc) is 3.75. The second kappa shape index (κ2) is 10.9. The molecule has 53 heavy (non-hydrogen) atoms. The van der Waals surface area contributed by atoms with Gasteiger partial charge in [-0.3, -0.25) is 0 Å². The van der Waals surface area contributed by atoms with Crippen LogP contribution in [0.4, 0.5) is 0 Å². The highest BCUT2D eigenvalue weighted by Crippen LogP contribution is 2.51. The minimum atomic E-state index is 0.660. The molecule has 0 spiro atoms. The van der Waals surface area contributed by atoms with Crippen LogP contribution in [0.15, 0.2) is 164 Å². The molecule has 1 aliphatic carbocycles. The van der Waals surface area contributed by atoms with Crippen LogP contribution >= 0.6 is 11.3 Å². The molecule has 0 fully saturated rings. The molecule has 9 aromatic carbocycles. The Morgan fingerprint density at radius 2 is 0.887 bits per heavy atom. The molecule has 12 rings (SSSR count). The molecular formula is C49H27N3S. The number of fused-ring (bicyclic) bond motifs is 10. The number of thiophene rings is 1. The van der Waals surface area contributed by atoms with Crippen molar-refractivity contribution in [2.24, 2.45) is 0 Å². The van der Waals surface area contributed by atoms with E-state index in [4.69, 9.17) is 15.0 Å². The third-order valence-corrected chi connectivity index (χ3v) is 12.1. The molecule has 244 valence electrons. The summed E-state index contributed by atoms with van der Waals surface area (Å²) >= 11 is 1.84. The SMILES string of the molecule is c1ccc2cc(-c3nc(-c4ccc5ccc6ccccc6c5c4)nc(-c4cccc5sc6cc7c(cc6c45)-c4cccc5cccc-7c45)n3)ccc2c1. The van der Waals surface area contributed by atoms with Gasteiger partial charge >= 0.3 is 0 Å². The van der Waals surface area contributed by atoms with Crippen molar-refractivity contribution in [3.63, 3.8) is 0 Å². The number of hydrogen-bond acceptors (Lipinski definition) is 4. The Morgan fingerprint density at radius 1 is 0.302 bits per heavy atom. The van der Waals surface area contributed by atoms with Crippen LogP contribution in [-0.4, -0.2) is 15.0 Å². The number of hydrogen-bond donors (Lipinski definition) is 0. The normalized spacial score (nSPS) is 12.2. The maximum absolute atomic E-state index is 5.30. The summed E-state index contributed by atoms with van der Waals surface area (Å²) in [6.45, 7) is 0. The zero-order valence-electron chi connectivity index (χ0n) is 28.3. The molecule has 2 aromatic heterocycles. The maximum atomic E-state index is 5.30. The second-order valence-electron chi connectivity index (χ2n) is 14.0. The van der Waals surface area contributed by atoms with E-state index in [0.29, 0.717) is 17.5 Å². The first-order chi connectivity index (χ1) is 26.2. The fraction of sp³-hybridized carbons (Fsp3) is 0. The fourth-order valence-electron chi connectivity index (χ4n) is 8.52. The van der Waals surface area contributed by atoms with Crippen molar-refractivity contribution < 1.29 is 0 Å². The van der Waals surface area contributed by atoms with Gasteiger partial charge in [-0.05, 0) is 95.7 Å². The third kappa shape index (κ3) is 4.30. The molecule has 0 unspecified atom stereocenters. The summed E-state index contributed by atoms with van der Waals surface area (Å²) in [6, 6.07) is 59.1. The molecule has 0 radical (unpaired) electrons. The van der Waals surface area contributed by atoms with Gasteiger partial charge in [-0.2, -0.15) is 0 Å². The predicted molar refractivity (Wildman–Crippen MR) is 223 cm³/mol. The van der Waals surface area contributed by atoms with Crippen molar-refractivity contribution in [3.05, 3.63) is 164 Å². The Kier molecular flexibility index (Phi) is 5.93. The lowest BCUT2D eigenvalue weighted by Gasteiger charge is -2.11. The van der Waals surface area contributed by atoms with Gasteiger partial charge in [-0.15, -0.1) is 11.3 Å². The Hall–Kier alpha value is -6.75. The van der Waals surface area contributed by atoms with Gasteiger partial charge in [0.05, 0.1) is 0 Å². The molecule has 0 saturated heterocycles. The van der Waals surface area contributed by atoms with Gasteiger partial charge in [0.25, 0.3) is 0 Å². The number of benzene rings is 9. The van der Waals surface area contributed by atoms with Gasteiger partial charge in [-0.25, -0.2) is 15.0 Å². The molecule has 3 nitrogen and oxygen atoms in total. The first-order valence-corrected chi connectivity index (χ1v) is 18.7. The van der Waals surface area contributed by atoms with E-state index >= 15 is 0 Å².